The molecule has 0 amide bonds. The summed E-state index contributed by atoms with van der Waals surface area (Å²) < 4.78 is 55.3. The fourth-order valence-electron chi connectivity index (χ4n) is 4.01. The number of piperazine rings is 1. The van der Waals surface area contributed by atoms with Crippen LogP contribution in [0.3, 0.4) is 0 Å². The Balaban J connectivity index is 1.95. The summed E-state index contributed by atoms with van der Waals surface area (Å²) >= 11 is 0. The average molecular weight is 498 g/mol. The normalized spacial score (nSPS) is 16.6. The van der Waals surface area contributed by atoms with Gasteiger partial charge in [-0.1, -0.05) is 12.1 Å². The lowest BCUT2D eigenvalue weighted by molar-refractivity contribution is -0.140. The smallest absolute Gasteiger partial charge is 0.385 e. The van der Waals surface area contributed by atoms with Crippen LogP contribution in [0.2, 0.25) is 0 Å². The molecule has 1 aromatic heterocycles. The van der Waals surface area contributed by atoms with E-state index in [1.54, 1.807) is 6.08 Å². The molecule has 192 valence electrons. The molecule has 2 aromatic rings. The Morgan fingerprint density at radius 3 is 2.37 bits per heavy atom. The van der Waals surface area contributed by atoms with E-state index in [1.165, 1.54) is 20.0 Å². The number of nitrogens with one attached hydrogen (secondary N) is 1. The van der Waals surface area contributed by atoms with Gasteiger partial charge in [-0.05, 0) is 32.9 Å². The molecule has 35 heavy (non-hydrogen) atoms. The van der Waals surface area contributed by atoms with Crippen LogP contribution < -0.4 is 22.5 Å². The highest BCUT2D eigenvalue weighted by Crippen LogP contribution is 2.35. The Morgan fingerprint density at radius 1 is 1.17 bits per heavy atom. The highest BCUT2D eigenvalue weighted by molar-refractivity contribution is 5.73. The number of rotatable bonds is 6. The minimum Gasteiger partial charge on any atom is -0.385 e. The van der Waals surface area contributed by atoms with Crippen LogP contribution >= 0.6 is 0 Å². The highest BCUT2D eigenvalue weighted by atomic mass is 19.4. The van der Waals surface area contributed by atoms with Crippen LogP contribution in [-0.2, 0) is 13.2 Å². The molecule has 5 N–H and O–H groups in total. The van der Waals surface area contributed by atoms with Crippen molar-refractivity contribution in [1.82, 2.24) is 19.4 Å². The first kappa shape index (κ1) is 26.3. The van der Waals surface area contributed by atoms with Crippen molar-refractivity contribution < 1.29 is 17.6 Å². The average Bonchev–Trinajstić information content (AvgIpc) is 2.79. The Morgan fingerprint density at radius 2 is 1.80 bits per heavy atom. The number of hydrogen-bond acceptors (Lipinski definition) is 7. The van der Waals surface area contributed by atoms with Gasteiger partial charge in [0, 0.05) is 44.8 Å². The van der Waals surface area contributed by atoms with Gasteiger partial charge in [0.2, 0.25) is 0 Å². The number of nitrogens with two attached hydrogens (primary N) is 2. The summed E-state index contributed by atoms with van der Waals surface area (Å²) in [6.45, 7) is 8.74. The van der Waals surface area contributed by atoms with Crippen molar-refractivity contribution in [3.05, 3.63) is 57.0 Å². The van der Waals surface area contributed by atoms with E-state index in [1.807, 2.05) is 4.90 Å². The van der Waals surface area contributed by atoms with Gasteiger partial charge in [-0.15, -0.1) is 0 Å². The predicted molar refractivity (Wildman–Crippen MR) is 128 cm³/mol. The van der Waals surface area contributed by atoms with Crippen LogP contribution in [0.5, 0.6) is 0 Å². The van der Waals surface area contributed by atoms with Crippen molar-refractivity contribution in [2.75, 3.05) is 37.2 Å². The molecule has 12 heteroatoms. The molecular formula is C23H31F4N7O. The van der Waals surface area contributed by atoms with Gasteiger partial charge in [0.15, 0.2) is 0 Å². The summed E-state index contributed by atoms with van der Waals surface area (Å²) in [6, 6.07) is 2.50. The quantitative estimate of drug-likeness (QED) is 0.527. The zero-order valence-corrected chi connectivity index (χ0v) is 20.2. The zero-order chi connectivity index (χ0) is 26.1. The number of anilines is 2. The molecule has 2 heterocycles. The molecular weight excluding hydrogens is 466 g/mol. The maximum atomic E-state index is 14.7. The van der Waals surface area contributed by atoms with Crippen LogP contribution in [0.25, 0.3) is 6.08 Å². The van der Waals surface area contributed by atoms with Crippen LogP contribution in [0, 0.1) is 5.82 Å². The molecule has 1 aromatic carbocycles. The van der Waals surface area contributed by atoms with Gasteiger partial charge in [-0.3, -0.25) is 9.47 Å². The van der Waals surface area contributed by atoms with E-state index in [0.29, 0.717) is 31.0 Å². The third-order valence-corrected chi connectivity index (χ3v) is 6.24. The van der Waals surface area contributed by atoms with E-state index >= 15 is 0 Å². The molecule has 0 aliphatic carbocycles. The van der Waals surface area contributed by atoms with Gasteiger partial charge in [0.1, 0.15) is 17.5 Å². The monoisotopic (exact) mass is 497 g/mol. The SMILES string of the molecule is CC(C)N1CCN(/C(N)=C/c2c(N[C@H](C)c3cccc(C(F)(F)F)c3F)nc(=O)n(C)c2N)CC1. The number of nitrogens with zero attached hydrogens (tertiary/aromatic N) is 4. The first-order valence-corrected chi connectivity index (χ1v) is 11.3. The fraction of sp³-hybridized carbons (Fsp3) is 0.478. The van der Waals surface area contributed by atoms with Gasteiger partial charge >= 0.3 is 11.9 Å². The van der Waals surface area contributed by atoms with Crippen molar-refractivity contribution in [2.24, 2.45) is 12.8 Å². The Bertz CT molecular complexity index is 1150. The standard InChI is InChI=1S/C23H31F4N7O/c1-13(2)33-8-10-34(11-9-33)18(28)12-16-20(29)32(4)22(35)31-21(16)30-14(3)15-6-5-7-17(19(15)24)23(25,26)27/h5-7,12-14H,8-11,28-29H2,1-4H3,(H,30,31,35)/b18-12+/t14-/m1/s1. The number of alkyl halides is 3. The second-order valence-electron chi connectivity index (χ2n) is 8.86. The maximum Gasteiger partial charge on any atom is 0.419 e. The summed E-state index contributed by atoms with van der Waals surface area (Å²) in [4.78, 5) is 20.6. The lowest BCUT2D eigenvalue weighted by Gasteiger charge is -2.38. The third kappa shape index (κ3) is 5.69. The maximum absolute atomic E-state index is 14.7. The van der Waals surface area contributed by atoms with Gasteiger partial charge < -0.3 is 21.7 Å². The molecule has 1 aliphatic heterocycles. The summed E-state index contributed by atoms with van der Waals surface area (Å²) in [7, 11) is 1.44. The fourth-order valence-corrected chi connectivity index (χ4v) is 4.01. The molecule has 0 bridgehead atoms. The molecule has 0 saturated carbocycles. The molecule has 1 aliphatic rings. The van der Waals surface area contributed by atoms with Crippen molar-refractivity contribution in [3.63, 3.8) is 0 Å². The molecule has 0 unspecified atom stereocenters. The predicted octanol–water partition coefficient (Wildman–Crippen LogP) is 2.98. The number of benzene rings is 1. The number of hydrogen-bond donors (Lipinski definition) is 3. The molecule has 1 fully saturated rings. The number of aromatic nitrogens is 2. The van der Waals surface area contributed by atoms with E-state index in [4.69, 9.17) is 11.5 Å². The lowest BCUT2D eigenvalue weighted by atomic mass is 10.0. The summed E-state index contributed by atoms with van der Waals surface area (Å²) in [6.07, 6.45) is -3.27. The zero-order valence-electron chi connectivity index (χ0n) is 20.2. The van der Waals surface area contributed by atoms with Crippen LogP contribution in [0.1, 0.15) is 43.5 Å². The first-order chi connectivity index (χ1) is 16.3. The topological polar surface area (TPSA) is 105 Å². The van der Waals surface area contributed by atoms with Crippen LogP contribution in [-0.4, -0.2) is 51.6 Å². The van der Waals surface area contributed by atoms with Crippen LogP contribution in [0.15, 0.2) is 28.8 Å². The van der Waals surface area contributed by atoms with Gasteiger partial charge in [0.25, 0.3) is 0 Å². The molecule has 0 radical (unpaired) electrons. The second kappa shape index (κ2) is 10.1. The molecule has 3 rings (SSSR count). The summed E-state index contributed by atoms with van der Waals surface area (Å²) in [5.74, 6) is -0.926. The van der Waals surface area contributed by atoms with E-state index in [9.17, 15) is 22.4 Å². The lowest BCUT2D eigenvalue weighted by Crippen LogP contribution is -2.49. The molecule has 8 nitrogen and oxygen atoms in total. The Labute approximate surface area is 201 Å². The number of nitrogen functional groups attached to an aromatic ring is 1. The summed E-state index contributed by atoms with van der Waals surface area (Å²) in [5.41, 5.74) is 10.5. The minimum absolute atomic E-state index is 0.00122. The minimum atomic E-state index is -4.84. The first-order valence-electron chi connectivity index (χ1n) is 11.3. The van der Waals surface area contributed by atoms with Crippen molar-refractivity contribution in [3.8, 4) is 0 Å². The van der Waals surface area contributed by atoms with Crippen molar-refractivity contribution >= 4 is 17.7 Å². The van der Waals surface area contributed by atoms with Crippen LogP contribution in [0.4, 0.5) is 29.2 Å². The van der Waals surface area contributed by atoms with Crippen molar-refractivity contribution in [2.45, 2.75) is 39.0 Å². The highest BCUT2D eigenvalue weighted by Gasteiger charge is 2.35. The summed E-state index contributed by atoms with van der Waals surface area (Å²) in [5, 5.41) is 2.85. The Kier molecular flexibility index (Phi) is 7.63. The van der Waals surface area contributed by atoms with E-state index < -0.39 is 29.3 Å². The van der Waals surface area contributed by atoms with E-state index in [0.717, 1.165) is 23.7 Å². The molecule has 1 atom stereocenters. The van der Waals surface area contributed by atoms with Gasteiger partial charge in [0.05, 0.1) is 23.0 Å². The van der Waals surface area contributed by atoms with Gasteiger partial charge in [-0.25, -0.2) is 9.18 Å². The largest absolute Gasteiger partial charge is 0.419 e. The Hall–Kier alpha value is -3.28. The van der Waals surface area contributed by atoms with E-state index in [2.05, 4.69) is 29.0 Å². The third-order valence-electron chi connectivity index (χ3n) is 6.24. The number of halogens is 4. The molecule has 0 spiro atoms. The van der Waals surface area contributed by atoms with E-state index in [-0.39, 0.29) is 22.8 Å². The molecule has 1 saturated heterocycles. The second-order valence-corrected chi connectivity index (χ2v) is 8.86. The van der Waals surface area contributed by atoms with Crippen molar-refractivity contribution in [1.29, 1.82) is 0 Å². The van der Waals surface area contributed by atoms with Gasteiger partial charge in [-0.2, -0.15) is 18.2 Å².